The number of benzene rings is 1. The van der Waals surface area contributed by atoms with Gasteiger partial charge in [0.15, 0.2) is 0 Å². The summed E-state index contributed by atoms with van der Waals surface area (Å²) in [5.41, 5.74) is 1.83. The Kier molecular flexibility index (Phi) is 4.97. The fraction of sp³-hybridized carbons (Fsp3) is 0.474. The molecule has 2 atom stereocenters. The first-order valence-corrected chi connectivity index (χ1v) is 8.59. The molecule has 1 aliphatic heterocycles. The Balaban J connectivity index is 1.61. The van der Waals surface area contributed by atoms with Crippen LogP contribution in [0.4, 0.5) is 4.79 Å². The van der Waals surface area contributed by atoms with Crippen LogP contribution >= 0.6 is 0 Å². The number of likely N-dealkylation sites (tertiary alicyclic amines) is 1. The fourth-order valence-electron chi connectivity index (χ4n) is 3.55. The van der Waals surface area contributed by atoms with Crippen LogP contribution in [-0.4, -0.2) is 37.1 Å². The van der Waals surface area contributed by atoms with Gasteiger partial charge in [0, 0.05) is 30.6 Å². The van der Waals surface area contributed by atoms with Gasteiger partial charge in [-0.05, 0) is 25.3 Å². The average Bonchev–Trinajstić information content (AvgIpc) is 2.94. The number of fused-ring (bicyclic) bond motifs is 1. The molecule has 2 aromatic rings. The topological polar surface area (TPSA) is 71.8 Å². The molecule has 3 rings (SSSR count). The number of piperidine rings is 1. The maximum atomic E-state index is 12.5. The van der Waals surface area contributed by atoms with Gasteiger partial charge in [-0.2, -0.15) is 0 Å². The van der Waals surface area contributed by atoms with E-state index >= 15 is 0 Å². The van der Waals surface area contributed by atoms with Gasteiger partial charge in [-0.1, -0.05) is 25.1 Å². The number of hydrogen-bond donors (Lipinski definition) is 1. The van der Waals surface area contributed by atoms with Gasteiger partial charge in [0.1, 0.15) is 11.3 Å². The normalized spacial score (nSPS) is 20.5. The number of furan rings is 1. The molecule has 1 aliphatic rings. The molecule has 6 heteroatoms. The first-order chi connectivity index (χ1) is 12.0. The van der Waals surface area contributed by atoms with E-state index in [-0.39, 0.29) is 23.8 Å². The lowest BCUT2D eigenvalue weighted by Crippen LogP contribution is -2.48. The SMILES string of the molecule is COC(=O)[C@@H]1CCN(C(=O)NCc2c(C)oc3ccccc23)C[C@@H]1C. The summed E-state index contributed by atoms with van der Waals surface area (Å²) in [7, 11) is 1.41. The Morgan fingerprint density at radius 1 is 1.36 bits per heavy atom. The third kappa shape index (κ3) is 3.48. The highest BCUT2D eigenvalue weighted by Crippen LogP contribution is 2.26. The number of aryl methyl sites for hydroxylation is 1. The number of urea groups is 1. The molecule has 0 aliphatic carbocycles. The number of methoxy groups -OCH3 is 1. The number of rotatable bonds is 3. The predicted octanol–water partition coefficient (Wildman–Crippen LogP) is 3.08. The molecule has 134 valence electrons. The van der Waals surface area contributed by atoms with Crippen LogP contribution in [0.5, 0.6) is 0 Å². The maximum absolute atomic E-state index is 12.5. The average molecular weight is 344 g/mol. The molecule has 1 aromatic heterocycles. The highest BCUT2D eigenvalue weighted by atomic mass is 16.5. The van der Waals surface area contributed by atoms with Crippen LogP contribution in [0.15, 0.2) is 28.7 Å². The molecule has 1 saturated heterocycles. The van der Waals surface area contributed by atoms with Gasteiger partial charge in [-0.25, -0.2) is 4.79 Å². The number of ether oxygens (including phenoxy) is 1. The zero-order chi connectivity index (χ0) is 18.0. The van der Waals surface area contributed by atoms with Gasteiger partial charge < -0.3 is 19.4 Å². The first kappa shape index (κ1) is 17.3. The molecule has 1 aromatic carbocycles. The van der Waals surface area contributed by atoms with Crippen LogP contribution in [0.1, 0.15) is 24.7 Å². The fourth-order valence-corrected chi connectivity index (χ4v) is 3.55. The van der Waals surface area contributed by atoms with Crippen LogP contribution in [0, 0.1) is 18.8 Å². The Morgan fingerprint density at radius 3 is 2.84 bits per heavy atom. The van der Waals surface area contributed by atoms with Gasteiger partial charge in [-0.3, -0.25) is 4.79 Å². The second kappa shape index (κ2) is 7.17. The third-order valence-corrected chi connectivity index (χ3v) is 5.01. The summed E-state index contributed by atoms with van der Waals surface area (Å²) in [4.78, 5) is 26.0. The maximum Gasteiger partial charge on any atom is 0.317 e. The molecule has 25 heavy (non-hydrogen) atoms. The summed E-state index contributed by atoms with van der Waals surface area (Å²) in [6.45, 7) is 5.42. The van der Waals surface area contributed by atoms with Gasteiger partial charge in [0.25, 0.3) is 0 Å². The van der Waals surface area contributed by atoms with Gasteiger partial charge in [0.2, 0.25) is 0 Å². The molecule has 1 fully saturated rings. The summed E-state index contributed by atoms with van der Waals surface area (Å²) in [6, 6.07) is 7.70. The molecule has 1 N–H and O–H groups in total. The second-order valence-corrected chi connectivity index (χ2v) is 6.63. The number of nitrogens with zero attached hydrogens (tertiary/aromatic N) is 1. The van der Waals surface area contributed by atoms with Gasteiger partial charge in [0.05, 0.1) is 13.0 Å². The van der Waals surface area contributed by atoms with Gasteiger partial charge >= 0.3 is 12.0 Å². The molecular weight excluding hydrogens is 320 g/mol. The van der Waals surface area contributed by atoms with E-state index in [1.807, 2.05) is 38.1 Å². The molecule has 0 unspecified atom stereocenters. The highest BCUT2D eigenvalue weighted by Gasteiger charge is 2.33. The van der Waals surface area contributed by atoms with Crippen LogP contribution in [0.2, 0.25) is 0 Å². The molecule has 0 spiro atoms. The van der Waals surface area contributed by atoms with Crippen molar-refractivity contribution in [1.82, 2.24) is 10.2 Å². The molecular formula is C19H24N2O4. The second-order valence-electron chi connectivity index (χ2n) is 6.63. The van der Waals surface area contributed by atoms with Crippen molar-refractivity contribution in [1.29, 1.82) is 0 Å². The molecule has 6 nitrogen and oxygen atoms in total. The number of carbonyl (C=O) groups excluding carboxylic acids is 2. The number of nitrogens with one attached hydrogen (secondary N) is 1. The van der Waals surface area contributed by atoms with E-state index in [1.54, 1.807) is 4.90 Å². The number of amides is 2. The Bertz CT molecular complexity index is 783. The molecule has 0 saturated carbocycles. The number of carbonyl (C=O) groups is 2. The minimum Gasteiger partial charge on any atom is -0.469 e. The van der Waals surface area contributed by atoms with Crippen molar-refractivity contribution in [3.63, 3.8) is 0 Å². The van der Waals surface area contributed by atoms with Crippen LogP contribution < -0.4 is 5.32 Å². The van der Waals surface area contributed by atoms with Crippen molar-refractivity contribution in [3.8, 4) is 0 Å². The van der Waals surface area contributed by atoms with E-state index in [4.69, 9.17) is 9.15 Å². The predicted molar refractivity (Wildman–Crippen MR) is 94.0 cm³/mol. The molecule has 0 bridgehead atoms. The largest absolute Gasteiger partial charge is 0.469 e. The summed E-state index contributed by atoms with van der Waals surface area (Å²) >= 11 is 0. The van der Waals surface area contributed by atoms with E-state index in [9.17, 15) is 9.59 Å². The van der Waals surface area contributed by atoms with Crippen molar-refractivity contribution in [2.45, 2.75) is 26.8 Å². The van der Waals surface area contributed by atoms with Crippen molar-refractivity contribution in [2.24, 2.45) is 11.8 Å². The molecule has 2 amide bonds. The van der Waals surface area contributed by atoms with Crippen LogP contribution in [0.25, 0.3) is 11.0 Å². The van der Waals surface area contributed by atoms with Crippen molar-refractivity contribution in [3.05, 3.63) is 35.6 Å². The summed E-state index contributed by atoms with van der Waals surface area (Å²) in [5, 5.41) is 4.00. The Hall–Kier alpha value is -2.50. The quantitative estimate of drug-likeness (QED) is 0.869. The van der Waals surface area contributed by atoms with Crippen LogP contribution in [0.3, 0.4) is 0 Å². The monoisotopic (exact) mass is 344 g/mol. The van der Waals surface area contributed by atoms with E-state index in [1.165, 1.54) is 7.11 Å². The zero-order valence-electron chi connectivity index (χ0n) is 14.9. The first-order valence-electron chi connectivity index (χ1n) is 8.59. The summed E-state index contributed by atoms with van der Waals surface area (Å²) in [5.74, 6) is 0.588. The lowest BCUT2D eigenvalue weighted by molar-refractivity contribution is -0.148. The van der Waals surface area contributed by atoms with Crippen molar-refractivity contribution < 1.29 is 18.7 Å². The number of para-hydroxylation sites is 1. The summed E-state index contributed by atoms with van der Waals surface area (Å²) < 4.78 is 10.6. The van der Waals surface area contributed by atoms with E-state index in [0.29, 0.717) is 26.1 Å². The number of esters is 1. The minimum atomic E-state index is -0.187. The standard InChI is InChI=1S/C19H24N2O4/c1-12-11-21(9-8-14(12)18(22)24-3)19(23)20-10-16-13(2)25-17-7-5-4-6-15(16)17/h4-7,12,14H,8-11H2,1-3H3,(H,20,23)/t12-,14+/m0/s1. The highest BCUT2D eigenvalue weighted by molar-refractivity contribution is 5.83. The van der Waals surface area contributed by atoms with E-state index in [2.05, 4.69) is 5.32 Å². The van der Waals surface area contributed by atoms with E-state index in [0.717, 1.165) is 22.3 Å². The van der Waals surface area contributed by atoms with Crippen molar-refractivity contribution >= 4 is 23.0 Å². The third-order valence-electron chi connectivity index (χ3n) is 5.01. The lowest BCUT2D eigenvalue weighted by Gasteiger charge is -2.35. The molecule has 0 radical (unpaired) electrons. The van der Waals surface area contributed by atoms with Gasteiger partial charge in [-0.15, -0.1) is 0 Å². The smallest absolute Gasteiger partial charge is 0.317 e. The van der Waals surface area contributed by atoms with Crippen molar-refractivity contribution in [2.75, 3.05) is 20.2 Å². The lowest BCUT2D eigenvalue weighted by atomic mass is 9.87. The Labute approximate surface area is 147 Å². The Morgan fingerprint density at radius 2 is 2.12 bits per heavy atom. The van der Waals surface area contributed by atoms with E-state index < -0.39 is 0 Å². The van der Waals surface area contributed by atoms with Crippen LogP contribution in [-0.2, 0) is 16.1 Å². The molecule has 2 heterocycles. The number of hydrogen-bond acceptors (Lipinski definition) is 4. The summed E-state index contributed by atoms with van der Waals surface area (Å²) in [6.07, 6.45) is 0.634. The minimum absolute atomic E-state index is 0.0865. The zero-order valence-corrected chi connectivity index (χ0v) is 14.9.